The third-order valence-corrected chi connectivity index (χ3v) is 3.10. The van der Waals surface area contributed by atoms with Crippen molar-refractivity contribution < 1.29 is 22.7 Å². The molecule has 0 aromatic carbocycles. The minimum Gasteiger partial charge on any atom is -0.365 e. The van der Waals surface area contributed by atoms with Gasteiger partial charge in [-0.05, 0) is 13.0 Å². The Morgan fingerprint density at radius 3 is 2.65 bits per heavy atom. The van der Waals surface area contributed by atoms with Crippen LogP contribution in [0.4, 0.5) is 23.8 Å². The van der Waals surface area contributed by atoms with E-state index in [1.807, 2.05) is 0 Å². The zero-order chi connectivity index (χ0) is 15.0. The van der Waals surface area contributed by atoms with Gasteiger partial charge in [-0.25, -0.2) is 14.8 Å². The highest BCUT2D eigenvalue weighted by Crippen LogP contribution is 2.40. The highest BCUT2D eigenvalue weighted by Gasteiger charge is 2.63. The lowest BCUT2D eigenvalue weighted by atomic mass is 9.93. The van der Waals surface area contributed by atoms with E-state index in [4.69, 9.17) is 0 Å². The Bertz CT molecular complexity index is 515. The predicted molar refractivity (Wildman–Crippen MR) is 63.2 cm³/mol. The molecular formula is C11H13F3N4O2. The number of hydrogen-bond donors (Lipinski definition) is 1. The lowest BCUT2D eigenvalue weighted by Crippen LogP contribution is -2.71. The average Bonchev–Trinajstić information content (AvgIpc) is 2.26. The zero-order valence-corrected chi connectivity index (χ0v) is 10.9. The van der Waals surface area contributed by atoms with E-state index in [-0.39, 0.29) is 5.82 Å². The molecule has 1 aliphatic heterocycles. The lowest BCUT2D eigenvalue weighted by Gasteiger charge is -2.48. The van der Waals surface area contributed by atoms with E-state index in [0.717, 1.165) is 12.0 Å². The molecule has 1 aliphatic rings. The maximum atomic E-state index is 12.8. The highest BCUT2D eigenvalue weighted by atomic mass is 19.4. The van der Waals surface area contributed by atoms with Gasteiger partial charge >= 0.3 is 12.2 Å². The van der Waals surface area contributed by atoms with E-state index in [1.165, 1.54) is 12.3 Å². The van der Waals surface area contributed by atoms with Crippen LogP contribution in [0.25, 0.3) is 0 Å². The fraction of sp³-hybridized carbons (Fsp3) is 0.545. The van der Waals surface area contributed by atoms with E-state index in [9.17, 15) is 18.0 Å². The minimum absolute atomic E-state index is 0.240. The lowest BCUT2D eigenvalue weighted by molar-refractivity contribution is -0.303. The van der Waals surface area contributed by atoms with Crippen LogP contribution in [0.3, 0.4) is 0 Å². The standard InChI is InChI=1S/C11H13F3N4O2/c1-7-15-4-3-8(16-7)17-9(19)18-5-10(6-18,20-2)11(12,13)14/h3-4H,5-6H2,1-2H3,(H,15,16,17,19). The molecule has 0 saturated carbocycles. The van der Waals surface area contributed by atoms with Crippen molar-refractivity contribution >= 4 is 11.8 Å². The molecule has 0 aliphatic carbocycles. The first-order valence-corrected chi connectivity index (χ1v) is 5.75. The number of aromatic nitrogens is 2. The number of urea groups is 1. The number of aryl methyl sites for hydroxylation is 1. The summed E-state index contributed by atoms with van der Waals surface area (Å²) in [5.41, 5.74) is -2.27. The van der Waals surface area contributed by atoms with Crippen LogP contribution >= 0.6 is 0 Å². The predicted octanol–water partition coefficient (Wildman–Crippen LogP) is 1.58. The van der Waals surface area contributed by atoms with E-state index in [1.54, 1.807) is 6.92 Å². The molecule has 2 heterocycles. The van der Waals surface area contributed by atoms with Crippen LogP contribution in [0.2, 0.25) is 0 Å². The smallest absolute Gasteiger partial charge is 0.365 e. The Hall–Kier alpha value is -1.90. The molecule has 9 heteroatoms. The summed E-state index contributed by atoms with van der Waals surface area (Å²) in [5.74, 6) is 0.692. The normalized spacial score (nSPS) is 17.6. The van der Waals surface area contributed by atoms with Gasteiger partial charge in [-0.1, -0.05) is 0 Å². The third kappa shape index (κ3) is 2.53. The number of halogens is 3. The van der Waals surface area contributed by atoms with Crippen molar-refractivity contribution in [2.45, 2.75) is 18.7 Å². The summed E-state index contributed by atoms with van der Waals surface area (Å²) < 4.78 is 42.8. The first-order chi connectivity index (χ1) is 9.27. The highest BCUT2D eigenvalue weighted by molar-refractivity contribution is 5.89. The summed E-state index contributed by atoms with van der Waals surface area (Å²) in [6.07, 6.45) is -3.06. The second-order valence-corrected chi connectivity index (χ2v) is 4.47. The van der Waals surface area contributed by atoms with Gasteiger partial charge in [0.1, 0.15) is 11.6 Å². The second kappa shape index (κ2) is 4.89. The van der Waals surface area contributed by atoms with Gasteiger partial charge < -0.3 is 9.64 Å². The number of carbonyl (C=O) groups excluding carboxylic acids is 1. The molecule has 0 spiro atoms. The SMILES string of the molecule is COC1(C(F)(F)F)CN(C(=O)Nc2ccnc(C)n2)C1. The van der Waals surface area contributed by atoms with E-state index in [2.05, 4.69) is 20.0 Å². The molecule has 1 N–H and O–H groups in total. The monoisotopic (exact) mass is 290 g/mol. The topological polar surface area (TPSA) is 67.3 Å². The number of hydrogen-bond acceptors (Lipinski definition) is 4. The number of anilines is 1. The van der Waals surface area contributed by atoms with Crippen LogP contribution < -0.4 is 5.32 Å². The van der Waals surface area contributed by atoms with Gasteiger partial charge in [0.2, 0.25) is 0 Å². The summed E-state index contributed by atoms with van der Waals surface area (Å²) >= 11 is 0. The second-order valence-electron chi connectivity index (χ2n) is 4.47. The number of amides is 2. The number of likely N-dealkylation sites (tertiary alicyclic amines) is 1. The molecule has 0 radical (unpaired) electrons. The van der Waals surface area contributed by atoms with Gasteiger partial charge in [-0.15, -0.1) is 0 Å². The van der Waals surface area contributed by atoms with Gasteiger partial charge in [0.25, 0.3) is 0 Å². The molecule has 2 rings (SSSR count). The average molecular weight is 290 g/mol. The van der Waals surface area contributed by atoms with Crippen molar-refractivity contribution in [1.82, 2.24) is 14.9 Å². The molecule has 20 heavy (non-hydrogen) atoms. The fourth-order valence-electron chi connectivity index (χ4n) is 1.85. The van der Waals surface area contributed by atoms with E-state index >= 15 is 0 Å². The van der Waals surface area contributed by atoms with Crippen molar-refractivity contribution in [2.24, 2.45) is 0 Å². The van der Waals surface area contributed by atoms with Crippen molar-refractivity contribution in [2.75, 3.05) is 25.5 Å². The van der Waals surface area contributed by atoms with Crippen molar-refractivity contribution in [3.8, 4) is 0 Å². The maximum Gasteiger partial charge on any atom is 0.420 e. The van der Waals surface area contributed by atoms with Gasteiger partial charge in [-0.3, -0.25) is 5.32 Å². The number of nitrogens with one attached hydrogen (secondary N) is 1. The molecule has 110 valence electrons. The van der Waals surface area contributed by atoms with Crippen LogP contribution in [0.5, 0.6) is 0 Å². The first-order valence-electron chi connectivity index (χ1n) is 5.75. The molecule has 2 amide bonds. The van der Waals surface area contributed by atoms with Crippen LogP contribution in [-0.4, -0.2) is 52.9 Å². The Balaban J connectivity index is 1.97. The maximum absolute atomic E-state index is 12.8. The number of carbonyl (C=O) groups is 1. The number of methoxy groups -OCH3 is 1. The molecule has 1 saturated heterocycles. The Labute approximate surface area is 113 Å². The molecule has 1 fully saturated rings. The van der Waals surface area contributed by atoms with E-state index < -0.39 is 30.9 Å². The van der Waals surface area contributed by atoms with Crippen LogP contribution in [0.15, 0.2) is 12.3 Å². The molecular weight excluding hydrogens is 277 g/mol. The Morgan fingerprint density at radius 2 is 2.15 bits per heavy atom. The Morgan fingerprint density at radius 1 is 1.50 bits per heavy atom. The number of nitrogens with zero attached hydrogens (tertiary/aromatic N) is 3. The van der Waals surface area contributed by atoms with E-state index in [0.29, 0.717) is 5.82 Å². The van der Waals surface area contributed by atoms with Gasteiger partial charge in [0.05, 0.1) is 13.1 Å². The summed E-state index contributed by atoms with van der Waals surface area (Å²) in [6, 6.07) is 0.804. The molecule has 6 nitrogen and oxygen atoms in total. The Kier molecular flexibility index (Phi) is 3.55. The number of rotatable bonds is 2. The number of ether oxygens (including phenoxy) is 1. The summed E-state index contributed by atoms with van der Waals surface area (Å²) in [5, 5.41) is 2.41. The van der Waals surface area contributed by atoms with Gasteiger partial charge in [0.15, 0.2) is 5.60 Å². The quantitative estimate of drug-likeness (QED) is 0.898. The molecule has 1 aromatic rings. The molecule has 0 unspecified atom stereocenters. The van der Waals surface area contributed by atoms with Gasteiger partial charge in [0, 0.05) is 13.3 Å². The summed E-state index contributed by atoms with van der Waals surface area (Å²) in [4.78, 5) is 20.6. The molecule has 0 atom stereocenters. The third-order valence-electron chi connectivity index (χ3n) is 3.10. The largest absolute Gasteiger partial charge is 0.420 e. The van der Waals surface area contributed by atoms with Crippen LogP contribution in [-0.2, 0) is 4.74 Å². The molecule has 0 bridgehead atoms. The van der Waals surface area contributed by atoms with Crippen LogP contribution in [0.1, 0.15) is 5.82 Å². The summed E-state index contributed by atoms with van der Waals surface area (Å²) in [7, 11) is 0.983. The number of alkyl halides is 3. The van der Waals surface area contributed by atoms with Crippen molar-refractivity contribution in [1.29, 1.82) is 0 Å². The summed E-state index contributed by atoms with van der Waals surface area (Å²) in [6.45, 7) is 0.560. The van der Waals surface area contributed by atoms with Crippen LogP contribution in [0, 0.1) is 6.92 Å². The fourth-order valence-corrected chi connectivity index (χ4v) is 1.85. The van der Waals surface area contributed by atoms with Gasteiger partial charge in [-0.2, -0.15) is 13.2 Å². The van der Waals surface area contributed by atoms with Crippen molar-refractivity contribution in [3.63, 3.8) is 0 Å². The minimum atomic E-state index is -4.51. The zero-order valence-electron chi connectivity index (χ0n) is 10.9. The molecule has 1 aromatic heterocycles. The van der Waals surface area contributed by atoms with Crippen molar-refractivity contribution in [3.05, 3.63) is 18.1 Å². The first kappa shape index (κ1) is 14.5.